The molecule has 0 aliphatic rings. The molecule has 1 aromatic rings. The second kappa shape index (κ2) is 3.78. The standard InChI is InChI=1S/C7H12N2OS/c1-9-4-6(3-8-9)7(10)5-11-2/h3-4,7,10H,5H2,1-2H3. The minimum absolute atomic E-state index is 0.376. The summed E-state index contributed by atoms with van der Waals surface area (Å²) in [6.45, 7) is 0. The van der Waals surface area contributed by atoms with E-state index in [1.54, 1.807) is 22.6 Å². The quantitative estimate of drug-likeness (QED) is 0.733. The molecule has 1 N–H and O–H groups in total. The fourth-order valence-corrected chi connectivity index (χ4v) is 1.37. The van der Waals surface area contributed by atoms with Crippen LogP contribution in [0.3, 0.4) is 0 Å². The molecule has 0 saturated heterocycles. The van der Waals surface area contributed by atoms with Crippen molar-refractivity contribution in [3.63, 3.8) is 0 Å². The Kier molecular flexibility index (Phi) is 2.96. The topological polar surface area (TPSA) is 38.1 Å². The summed E-state index contributed by atoms with van der Waals surface area (Å²) in [4.78, 5) is 0. The zero-order valence-electron chi connectivity index (χ0n) is 6.69. The molecule has 0 fully saturated rings. The van der Waals surface area contributed by atoms with Gasteiger partial charge in [0.05, 0.1) is 12.3 Å². The van der Waals surface area contributed by atoms with Crippen LogP contribution in [-0.2, 0) is 7.05 Å². The van der Waals surface area contributed by atoms with E-state index in [1.807, 2.05) is 19.5 Å². The second-order valence-electron chi connectivity index (χ2n) is 2.42. The van der Waals surface area contributed by atoms with Gasteiger partial charge in [-0.15, -0.1) is 0 Å². The third-order valence-corrected chi connectivity index (χ3v) is 2.08. The first-order valence-electron chi connectivity index (χ1n) is 3.39. The van der Waals surface area contributed by atoms with Crippen LogP contribution in [0.2, 0.25) is 0 Å². The summed E-state index contributed by atoms with van der Waals surface area (Å²) in [6.07, 6.45) is 5.13. The summed E-state index contributed by atoms with van der Waals surface area (Å²) in [7, 11) is 1.84. The van der Waals surface area contributed by atoms with E-state index in [2.05, 4.69) is 5.10 Å². The highest BCUT2D eigenvalue weighted by Gasteiger charge is 2.07. The molecule has 0 amide bonds. The van der Waals surface area contributed by atoms with Crippen molar-refractivity contribution in [2.75, 3.05) is 12.0 Å². The maximum Gasteiger partial charge on any atom is 0.0910 e. The van der Waals surface area contributed by atoms with Gasteiger partial charge in [-0.1, -0.05) is 0 Å². The van der Waals surface area contributed by atoms with E-state index >= 15 is 0 Å². The third-order valence-electron chi connectivity index (χ3n) is 1.43. The Hall–Kier alpha value is -0.480. The van der Waals surface area contributed by atoms with Crippen LogP contribution in [0.5, 0.6) is 0 Å². The van der Waals surface area contributed by atoms with E-state index < -0.39 is 0 Å². The number of thioether (sulfide) groups is 1. The van der Waals surface area contributed by atoms with Crippen LogP contribution in [-0.4, -0.2) is 26.9 Å². The number of aliphatic hydroxyl groups is 1. The highest BCUT2D eigenvalue weighted by Crippen LogP contribution is 2.14. The molecule has 0 radical (unpaired) electrons. The molecule has 1 unspecified atom stereocenters. The van der Waals surface area contributed by atoms with Gasteiger partial charge in [0.1, 0.15) is 0 Å². The molecular formula is C7H12N2OS. The molecule has 1 heterocycles. The number of aliphatic hydroxyl groups excluding tert-OH is 1. The number of aromatic nitrogens is 2. The Morgan fingerprint density at radius 1 is 1.82 bits per heavy atom. The van der Waals surface area contributed by atoms with Crippen molar-refractivity contribution in [2.45, 2.75) is 6.10 Å². The zero-order valence-corrected chi connectivity index (χ0v) is 7.51. The molecule has 0 aromatic carbocycles. The fraction of sp³-hybridized carbons (Fsp3) is 0.571. The van der Waals surface area contributed by atoms with Crippen LogP contribution in [0.1, 0.15) is 11.7 Å². The van der Waals surface area contributed by atoms with Gasteiger partial charge in [0.2, 0.25) is 0 Å². The Morgan fingerprint density at radius 2 is 2.55 bits per heavy atom. The maximum atomic E-state index is 9.46. The zero-order chi connectivity index (χ0) is 8.27. The van der Waals surface area contributed by atoms with E-state index in [0.29, 0.717) is 0 Å². The number of aryl methyl sites for hydroxylation is 1. The van der Waals surface area contributed by atoms with Crippen molar-refractivity contribution in [1.29, 1.82) is 0 Å². The van der Waals surface area contributed by atoms with Crippen LogP contribution in [0.15, 0.2) is 12.4 Å². The first-order valence-corrected chi connectivity index (χ1v) is 4.79. The average molecular weight is 172 g/mol. The molecule has 1 atom stereocenters. The summed E-state index contributed by atoms with van der Waals surface area (Å²) in [5.74, 6) is 0.728. The molecule has 0 aliphatic carbocycles. The first-order chi connectivity index (χ1) is 5.24. The predicted octanol–water partition coefficient (Wildman–Crippen LogP) is 0.817. The van der Waals surface area contributed by atoms with E-state index in [4.69, 9.17) is 0 Å². The van der Waals surface area contributed by atoms with Crippen LogP contribution < -0.4 is 0 Å². The van der Waals surface area contributed by atoms with E-state index in [9.17, 15) is 5.11 Å². The Balaban J connectivity index is 2.60. The summed E-state index contributed by atoms with van der Waals surface area (Å²) < 4.78 is 1.69. The van der Waals surface area contributed by atoms with Crippen molar-refractivity contribution < 1.29 is 5.11 Å². The monoisotopic (exact) mass is 172 g/mol. The van der Waals surface area contributed by atoms with Crippen molar-refractivity contribution in [3.05, 3.63) is 18.0 Å². The highest BCUT2D eigenvalue weighted by atomic mass is 32.2. The van der Waals surface area contributed by atoms with Crippen LogP contribution in [0.4, 0.5) is 0 Å². The molecule has 0 saturated carbocycles. The van der Waals surface area contributed by atoms with Gasteiger partial charge in [0, 0.05) is 24.6 Å². The lowest BCUT2D eigenvalue weighted by Crippen LogP contribution is -1.98. The lowest BCUT2D eigenvalue weighted by atomic mass is 10.2. The van der Waals surface area contributed by atoms with Crippen LogP contribution >= 0.6 is 11.8 Å². The van der Waals surface area contributed by atoms with Gasteiger partial charge in [-0.05, 0) is 6.26 Å². The number of nitrogens with zero attached hydrogens (tertiary/aromatic N) is 2. The number of rotatable bonds is 3. The molecule has 0 spiro atoms. The summed E-state index contributed by atoms with van der Waals surface area (Å²) in [5, 5.41) is 13.4. The lowest BCUT2D eigenvalue weighted by molar-refractivity contribution is 0.204. The molecule has 62 valence electrons. The van der Waals surface area contributed by atoms with E-state index in [1.165, 1.54) is 0 Å². The van der Waals surface area contributed by atoms with Crippen molar-refractivity contribution in [1.82, 2.24) is 9.78 Å². The SMILES string of the molecule is CSCC(O)c1cnn(C)c1. The van der Waals surface area contributed by atoms with Crippen LogP contribution in [0.25, 0.3) is 0 Å². The van der Waals surface area contributed by atoms with Gasteiger partial charge in [0.25, 0.3) is 0 Å². The van der Waals surface area contributed by atoms with Gasteiger partial charge in [-0.2, -0.15) is 16.9 Å². The smallest absolute Gasteiger partial charge is 0.0910 e. The normalized spacial score (nSPS) is 13.4. The molecular weight excluding hydrogens is 160 g/mol. The average Bonchev–Trinajstić information content (AvgIpc) is 2.36. The first kappa shape index (κ1) is 8.62. The Morgan fingerprint density at radius 3 is 3.00 bits per heavy atom. The molecule has 1 rings (SSSR count). The van der Waals surface area contributed by atoms with Gasteiger partial charge in [-0.3, -0.25) is 4.68 Å². The molecule has 0 aliphatic heterocycles. The van der Waals surface area contributed by atoms with Crippen molar-refractivity contribution in [2.24, 2.45) is 7.05 Å². The van der Waals surface area contributed by atoms with Gasteiger partial charge < -0.3 is 5.11 Å². The predicted molar refractivity (Wildman–Crippen MR) is 46.5 cm³/mol. The summed E-state index contributed by atoms with van der Waals surface area (Å²) in [5.41, 5.74) is 0.891. The molecule has 4 heteroatoms. The van der Waals surface area contributed by atoms with Crippen LogP contribution in [0, 0.1) is 0 Å². The minimum atomic E-state index is -0.376. The molecule has 3 nitrogen and oxygen atoms in total. The number of hydrogen-bond acceptors (Lipinski definition) is 3. The van der Waals surface area contributed by atoms with Gasteiger partial charge >= 0.3 is 0 Å². The Bertz CT molecular complexity index is 224. The lowest BCUT2D eigenvalue weighted by Gasteiger charge is -2.03. The maximum absolute atomic E-state index is 9.46. The molecule has 11 heavy (non-hydrogen) atoms. The molecule has 0 bridgehead atoms. The highest BCUT2D eigenvalue weighted by molar-refractivity contribution is 7.98. The van der Waals surface area contributed by atoms with E-state index in [-0.39, 0.29) is 6.10 Å². The van der Waals surface area contributed by atoms with Gasteiger partial charge in [0.15, 0.2) is 0 Å². The second-order valence-corrected chi connectivity index (χ2v) is 3.33. The van der Waals surface area contributed by atoms with Crippen molar-refractivity contribution in [3.8, 4) is 0 Å². The fourth-order valence-electron chi connectivity index (χ4n) is 0.866. The number of hydrogen-bond donors (Lipinski definition) is 1. The van der Waals surface area contributed by atoms with Crippen molar-refractivity contribution >= 4 is 11.8 Å². The summed E-state index contributed by atoms with van der Waals surface area (Å²) in [6, 6.07) is 0. The minimum Gasteiger partial charge on any atom is -0.387 e. The third kappa shape index (κ3) is 2.24. The van der Waals surface area contributed by atoms with E-state index in [0.717, 1.165) is 11.3 Å². The summed E-state index contributed by atoms with van der Waals surface area (Å²) >= 11 is 1.63. The molecule has 1 aromatic heterocycles. The van der Waals surface area contributed by atoms with Gasteiger partial charge in [-0.25, -0.2) is 0 Å². The largest absolute Gasteiger partial charge is 0.387 e. The Labute approximate surface area is 70.4 Å².